The first-order chi connectivity index (χ1) is 12.8. The van der Waals surface area contributed by atoms with Gasteiger partial charge >= 0.3 is 0 Å². The van der Waals surface area contributed by atoms with Crippen LogP contribution in [0.2, 0.25) is 0 Å². The SMILES string of the molecule is COc1ccc(-c2ccc3cnc(Nc4cccc(C#N)c4)nn23)cn1. The van der Waals surface area contributed by atoms with Crippen LogP contribution in [0, 0.1) is 11.3 Å². The summed E-state index contributed by atoms with van der Waals surface area (Å²) in [6.07, 6.45) is 3.48. The van der Waals surface area contributed by atoms with Gasteiger partial charge in [0.1, 0.15) is 0 Å². The molecule has 0 fully saturated rings. The number of anilines is 2. The second-order valence-electron chi connectivity index (χ2n) is 5.54. The first kappa shape index (κ1) is 15.6. The van der Waals surface area contributed by atoms with Crippen LogP contribution >= 0.6 is 0 Å². The number of methoxy groups -OCH3 is 1. The molecule has 0 saturated heterocycles. The van der Waals surface area contributed by atoms with Gasteiger partial charge in [-0.3, -0.25) is 0 Å². The summed E-state index contributed by atoms with van der Waals surface area (Å²) >= 11 is 0. The molecule has 0 unspecified atom stereocenters. The fraction of sp³-hybridized carbons (Fsp3) is 0.0526. The fourth-order valence-corrected chi connectivity index (χ4v) is 2.63. The maximum absolute atomic E-state index is 9.01. The summed E-state index contributed by atoms with van der Waals surface area (Å²) in [5.41, 5.74) is 4.01. The van der Waals surface area contributed by atoms with Gasteiger partial charge in [-0.1, -0.05) is 6.07 Å². The standard InChI is InChI=1S/C19H14N6O/c1-26-18-8-5-14(11-21-18)17-7-6-16-12-22-19(24-25(16)17)23-15-4-2-3-13(9-15)10-20/h2-9,11-12H,1H3,(H,23,24). The van der Waals surface area contributed by atoms with Gasteiger partial charge in [0.25, 0.3) is 0 Å². The highest BCUT2D eigenvalue weighted by Crippen LogP contribution is 2.23. The quantitative estimate of drug-likeness (QED) is 0.611. The van der Waals surface area contributed by atoms with Crippen molar-refractivity contribution in [3.63, 3.8) is 0 Å². The minimum atomic E-state index is 0.437. The molecule has 1 aromatic carbocycles. The Bertz CT molecular complexity index is 1110. The zero-order valence-electron chi connectivity index (χ0n) is 13.9. The molecule has 3 heterocycles. The van der Waals surface area contributed by atoms with Crippen molar-refractivity contribution in [3.05, 3.63) is 66.5 Å². The largest absolute Gasteiger partial charge is 0.481 e. The Kier molecular flexibility index (Phi) is 3.92. The van der Waals surface area contributed by atoms with Crippen molar-refractivity contribution in [2.75, 3.05) is 12.4 Å². The van der Waals surface area contributed by atoms with E-state index in [9.17, 15) is 0 Å². The predicted octanol–water partition coefficient (Wildman–Crippen LogP) is 3.42. The third kappa shape index (κ3) is 2.91. The maximum atomic E-state index is 9.01. The van der Waals surface area contributed by atoms with E-state index in [1.54, 1.807) is 36.2 Å². The van der Waals surface area contributed by atoms with E-state index in [1.165, 1.54) is 0 Å². The Morgan fingerprint density at radius 2 is 2.00 bits per heavy atom. The number of nitriles is 1. The molecular weight excluding hydrogens is 328 g/mol. The van der Waals surface area contributed by atoms with Crippen molar-refractivity contribution in [1.82, 2.24) is 19.6 Å². The highest BCUT2D eigenvalue weighted by molar-refractivity contribution is 5.66. The summed E-state index contributed by atoms with van der Waals surface area (Å²) in [6, 6.07) is 16.9. The van der Waals surface area contributed by atoms with E-state index in [-0.39, 0.29) is 0 Å². The average molecular weight is 342 g/mol. The topological polar surface area (TPSA) is 88.1 Å². The number of nitrogens with one attached hydrogen (secondary N) is 1. The molecule has 0 saturated carbocycles. The van der Waals surface area contributed by atoms with Crippen LogP contribution in [-0.4, -0.2) is 26.7 Å². The Morgan fingerprint density at radius 1 is 1.08 bits per heavy atom. The first-order valence-electron chi connectivity index (χ1n) is 7.89. The summed E-state index contributed by atoms with van der Waals surface area (Å²) < 4.78 is 6.90. The third-order valence-corrected chi connectivity index (χ3v) is 3.89. The smallest absolute Gasteiger partial charge is 0.245 e. The zero-order valence-corrected chi connectivity index (χ0v) is 13.9. The number of benzene rings is 1. The van der Waals surface area contributed by atoms with Gasteiger partial charge < -0.3 is 10.1 Å². The monoisotopic (exact) mass is 342 g/mol. The van der Waals surface area contributed by atoms with Crippen molar-refractivity contribution in [3.8, 4) is 23.2 Å². The van der Waals surface area contributed by atoms with Crippen LogP contribution in [0.4, 0.5) is 11.6 Å². The van der Waals surface area contributed by atoms with Crippen molar-refractivity contribution in [1.29, 1.82) is 5.26 Å². The first-order valence-corrected chi connectivity index (χ1v) is 7.89. The van der Waals surface area contributed by atoms with Gasteiger partial charge in [-0.15, -0.1) is 5.10 Å². The molecule has 7 nitrogen and oxygen atoms in total. The molecule has 4 aromatic rings. The minimum absolute atomic E-state index is 0.437. The van der Waals surface area contributed by atoms with Crippen LogP contribution in [0.25, 0.3) is 16.8 Å². The van der Waals surface area contributed by atoms with Gasteiger partial charge in [-0.25, -0.2) is 14.5 Å². The molecule has 0 aliphatic carbocycles. The lowest BCUT2D eigenvalue weighted by Gasteiger charge is -2.07. The van der Waals surface area contributed by atoms with Gasteiger partial charge in [-0.05, 0) is 36.4 Å². The lowest BCUT2D eigenvalue weighted by atomic mass is 10.2. The number of fused-ring (bicyclic) bond motifs is 1. The molecule has 26 heavy (non-hydrogen) atoms. The lowest BCUT2D eigenvalue weighted by molar-refractivity contribution is 0.398. The lowest BCUT2D eigenvalue weighted by Crippen LogP contribution is -2.03. The number of hydrogen-bond acceptors (Lipinski definition) is 6. The van der Waals surface area contributed by atoms with Crippen LogP contribution in [-0.2, 0) is 0 Å². The molecule has 1 N–H and O–H groups in total. The number of ether oxygens (including phenoxy) is 1. The van der Waals surface area contributed by atoms with E-state index < -0.39 is 0 Å². The number of rotatable bonds is 4. The minimum Gasteiger partial charge on any atom is -0.481 e. The number of aromatic nitrogens is 4. The molecule has 3 aromatic heterocycles. The Labute approximate surface area is 149 Å². The molecule has 0 bridgehead atoms. The Hall–Kier alpha value is -3.92. The molecular formula is C19H14N6O. The van der Waals surface area contributed by atoms with Crippen LogP contribution in [0.5, 0.6) is 5.88 Å². The molecule has 4 rings (SSSR count). The Balaban J connectivity index is 1.70. The summed E-state index contributed by atoms with van der Waals surface area (Å²) in [4.78, 5) is 8.57. The van der Waals surface area contributed by atoms with Gasteiger partial charge in [0, 0.05) is 23.5 Å². The van der Waals surface area contributed by atoms with E-state index in [2.05, 4.69) is 26.5 Å². The van der Waals surface area contributed by atoms with E-state index in [0.29, 0.717) is 17.4 Å². The predicted molar refractivity (Wildman–Crippen MR) is 97.2 cm³/mol. The molecule has 0 radical (unpaired) electrons. The summed E-state index contributed by atoms with van der Waals surface area (Å²) in [6.45, 7) is 0. The van der Waals surface area contributed by atoms with Crippen LogP contribution < -0.4 is 10.1 Å². The van der Waals surface area contributed by atoms with Crippen LogP contribution in [0.15, 0.2) is 60.9 Å². The van der Waals surface area contributed by atoms with Crippen molar-refractivity contribution < 1.29 is 4.74 Å². The second kappa shape index (κ2) is 6.53. The van der Waals surface area contributed by atoms with Crippen LogP contribution in [0.3, 0.4) is 0 Å². The van der Waals surface area contributed by atoms with Crippen molar-refractivity contribution in [2.24, 2.45) is 0 Å². The van der Waals surface area contributed by atoms with Gasteiger partial charge in [0.15, 0.2) is 0 Å². The van der Waals surface area contributed by atoms with E-state index in [0.717, 1.165) is 22.5 Å². The van der Waals surface area contributed by atoms with Crippen LogP contribution in [0.1, 0.15) is 5.56 Å². The number of nitrogens with zero attached hydrogens (tertiary/aromatic N) is 5. The zero-order chi connectivity index (χ0) is 17.9. The fourth-order valence-electron chi connectivity index (χ4n) is 2.63. The molecule has 7 heteroatoms. The second-order valence-corrected chi connectivity index (χ2v) is 5.54. The van der Waals surface area contributed by atoms with Gasteiger partial charge in [0.2, 0.25) is 11.8 Å². The maximum Gasteiger partial charge on any atom is 0.245 e. The Morgan fingerprint density at radius 3 is 2.77 bits per heavy atom. The summed E-state index contributed by atoms with van der Waals surface area (Å²) in [7, 11) is 1.58. The van der Waals surface area contributed by atoms with E-state index >= 15 is 0 Å². The van der Waals surface area contributed by atoms with Crippen molar-refractivity contribution >= 4 is 17.2 Å². The molecule has 0 atom stereocenters. The highest BCUT2D eigenvalue weighted by atomic mass is 16.5. The van der Waals surface area contributed by atoms with Crippen molar-refractivity contribution in [2.45, 2.75) is 0 Å². The molecule has 0 spiro atoms. The van der Waals surface area contributed by atoms with E-state index in [4.69, 9.17) is 10.00 Å². The average Bonchev–Trinajstić information content (AvgIpc) is 3.11. The molecule has 126 valence electrons. The van der Waals surface area contributed by atoms with Gasteiger partial charge in [0.05, 0.1) is 36.1 Å². The molecule has 0 amide bonds. The molecule has 0 aliphatic heterocycles. The summed E-state index contributed by atoms with van der Waals surface area (Å²) in [5.74, 6) is 0.996. The summed E-state index contributed by atoms with van der Waals surface area (Å²) in [5, 5.41) is 16.7. The van der Waals surface area contributed by atoms with Gasteiger partial charge in [-0.2, -0.15) is 5.26 Å². The van der Waals surface area contributed by atoms with E-state index in [1.807, 2.05) is 36.4 Å². The highest BCUT2D eigenvalue weighted by Gasteiger charge is 2.09. The third-order valence-electron chi connectivity index (χ3n) is 3.89. The molecule has 0 aliphatic rings. The normalized spacial score (nSPS) is 10.5. The number of hydrogen-bond donors (Lipinski definition) is 1. The number of pyridine rings is 1.